The summed E-state index contributed by atoms with van der Waals surface area (Å²) in [5.74, 6) is -1.90. The number of halogens is 1. The number of anilines is 1. The second-order valence-corrected chi connectivity index (χ2v) is 9.57. The summed E-state index contributed by atoms with van der Waals surface area (Å²) in [7, 11) is 0. The van der Waals surface area contributed by atoms with Crippen LogP contribution in [0.1, 0.15) is 36.1 Å². The lowest BCUT2D eigenvalue weighted by Crippen LogP contribution is -2.29. The first-order valence-corrected chi connectivity index (χ1v) is 12.4. The third-order valence-electron chi connectivity index (χ3n) is 5.95. The summed E-state index contributed by atoms with van der Waals surface area (Å²) in [4.78, 5) is 32.7. The van der Waals surface area contributed by atoms with Crippen molar-refractivity contribution in [3.05, 3.63) is 94.8 Å². The molecule has 1 fully saturated rings. The van der Waals surface area contributed by atoms with Gasteiger partial charge < -0.3 is 9.84 Å². The van der Waals surface area contributed by atoms with Crippen LogP contribution in [0.5, 0.6) is 5.75 Å². The highest BCUT2D eigenvalue weighted by Gasteiger charge is 2.48. The van der Waals surface area contributed by atoms with E-state index in [1.807, 2.05) is 32.0 Å². The molecule has 1 atom stereocenters. The Bertz CT molecular complexity index is 1510. The van der Waals surface area contributed by atoms with Crippen molar-refractivity contribution in [3.63, 3.8) is 0 Å². The lowest BCUT2D eigenvalue weighted by molar-refractivity contribution is -0.132. The van der Waals surface area contributed by atoms with E-state index in [1.165, 1.54) is 40.5 Å². The van der Waals surface area contributed by atoms with Gasteiger partial charge in [0.1, 0.15) is 17.3 Å². The van der Waals surface area contributed by atoms with E-state index in [0.29, 0.717) is 28.6 Å². The summed E-state index contributed by atoms with van der Waals surface area (Å²) >= 11 is 1.30. The zero-order valence-electron chi connectivity index (χ0n) is 19.7. The normalized spacial score (nSPS) is 17.2. The maximum Gasteiger partial charge on any atom is 0.301 e. The third kappa shape index (κ3) is 4.24. The fourth-order valence-corrected chi connectivity index (χ4v) is 5.32. The standard InChI is InChI=1S/C28H23FN2O4S/c1-3-13-35-20-6-4-5-18(15-20)24-23(25(32)17-8-10-19(29)11-9-17)26(33)27(34)31(24)28-30-21-12-7-16(2)14-22(21)36-28/h4-12,14-15,24,32H,3,13H2,1-2H3/t24-/m0/s1. The van der Waals surface area contributed by atoms with Crippen LogP contribution in [-0.2, 0) is 9.59 Å². The minimum Gasteiger partial charge on any atom is -0.507 e. The van der Waals surface area contributed by atoms with Crippen molar-refractivity contribution in [1.82, 2.24) is 4.98 Å². The van der Waals surface area contributed by atoms with Crippen LogP contribution in [-0.4, -0.2) is 28.4 Å². The Morgan fingerprint density at radius 3 is 2.64 bits per heavy atom. The van der Waals surface area contributed by atoms with Crippen LogP contribution in [0, 0.1) is 12.7 Å². The minimum absolute atomic E-state index is 0.0883. The largest absolute Gasteiger partial charge is 0.507 e. The van der Waals surface area contributed by atoms with Crippen LogP contribution < -0.4 is 9.64 Å². The van der Waals surface area contributed by atoms with Gasteiger partial charge in [0.15, 0.2) is 5.13 Å². The van der Waals surface area contributed by atoms with Crippen LogP contribution in [0.15, 0.2) is 72.3 Å². The quantitative estimate of drug-likeness (QED) is 0.194. The molecule has 1 N–H and O–H groups in total. The summed E-state index contributed by atoms with van der Waals surface area (Å²) in [6.45, 7) is 4.47. The molecule has 5 rings (SSSR count). The Balaban J connectivity index is 1.70. The number of benzene rings is 3. The van der Waals surface area contributed by atoms with Gasteiger partial charge in [-0.15, -0.1) is 0 Å². The molecule has 0 radical (unpaired) electrons. The van der Waals surface area contributed by atoms with Gasteiger partial charge in [0.25, 0.3) is 5.78 Å². The van der Waals surface area contributed by atoms with E-state index in [0.717, 1.165) is 16.7 Å². The molecule has 0 aliphatic carbocycles. The Morgan fingerprint density at radius 1 is 1.11 bits per heavy atom. The lowest BCUT2D eigenvalue weighted by atomic mass is 9.95. The first-order valence-electron chi connectivity index (χ1n) is 11.5. The molecule has 2 heterocycles. The summed E-state index contributed by atoms with van der Waals surface area (Å²) in [6.07, 6.45) is 0.818. The summed E-state index contributed by atoms with van der Waals surface area (Å²) in [6, 6.07) is 17.1. The molecule has 8 heteroatoms. The fourth-order valence-electron chi connectivity index (χ4n) is 4.23. The number of ether oxygens (including phenoxy) is 1. The number of rotatable bonds is 6. The van der Waals surface area contributed by atoms with Crippen molar-refractivity contribution in [1.29, 1.82) is 0 Å². The SMILES string of the molecule is CCCOc1cccc([C@H]2C(=C(O)c3ccc(F)cc3)C(=O)C(=O)N2c2nc3ccc(C)cc3s2)c1. The van der Waals surface area contributed by atoms with Gasteiger partial charge in [-0.2, -0.15) is 0 Å². The zero-order chi connectivity index (χ0) is 25.4. The van der Waals surface area contributed by atoms with E-state index in [-0.39, 0.29) is 16.9 Å². The van der Waals surface area contributed by atoms with E-state index in [1.54, 1.807) is 24.3 Å². The van der Waals surface area contributed by atoms with E-state index in [9.17, 15) is 19.1 Å². The van der Waals surface area contributed by atoms with Crippen molar-refractivity contribution >= 4 is 44.1 Å². The Labute approximate surface area is 211 Å². The zero-order valence-corrected chi connectivity index (χ0v) is 20.5. The van der Waals surface area contributed by atoms with Gasteiger partial charge in [-0.05, 0) is 73.0 Å². The van der Waals surface area contributed by atoms with Crippen molar-refractivity contribution < 1.29 is 23.8 Å². The molecule has 36 heavy (non-hydrogen) atoms. The van der Waals surface area contributed by atoms with Crippen molar-refractivity contribution in [2.45, 2.75) is 26.3 Å². The minimum atomic E-state index is -0.943. The number of thiazole rings is 1. The number of Topliss-reactive ketones (excluding diaryl/α,β-unsaturated/α-hetero) is 1. The van der Waals surface area contributed by atoms with Crippen molar-refractivity contribution in [2.24, 2.45) is 0 Å². The first kappa shape index (κ1) is 23.7. The number of amides is 1. The highest BCUT2D eigenvalue weighted by Crippen LogP contribution is 2.44. The van der Waals surface area contributed by atoms with Crippen LogP contribution in [0.25, 0.3) is 16.0 Å². The van der Waals surface area contributed by atoms with Crippen molar-refractivity contribution in [3.8, 4) is 5.75 Å². The molecular formula is C28H23FN2O4S. The lowest BCUT2D eigenvalue weighted by Gasteiger charge is -2.23. The summed E-state index contributed by atoms with van der Waals surface area (Å²) in [5, 5.41) is 11.5. The van der Waals surface area contributed by atoms with Gasteiger partial charge in [0.05, 0.1) is 28.4 Å². The predicted molar refractivity (Wildman–Crippen MR) is 138 cm³/mol. The third-order valence-corrected chi connectivity index (χ3v) is 6.96. The molecule has 0 saturated carbocycles. The van der Waals surface area contributed by atoms with Crippen LogP contribution in [0.2, 0.25) is 0 Å². The molecule has 1 aliphatic rings. The van der Waals surface area contributed by atoms with Gasteiger partial charge in [0.2, 0.25) is 0 Å². The Kier molecular flexibility index (Phi) is 6.28. The number of hydrogen-bond acceptors (Lipinski definition) is 6. The molecule has 6 nitrogen and oxygen atoms in total. The predicted octanol–water partition coefficient (Wildman–Crippen LogP) is 6.16. The van der Waals surface area contributed by atoms with Crippen LogP contribution in [0.4, 0.5) is 9.52 Å². The number of aryl methyl sites for hydroxylation is 1. The second kappa shape index (κ2) is 9.54. The van der Waals surface area contributed by atoms with E-state index in [4.69, 9.17) is 4.74 Å². The number of nitrogens with zero attached hydrogens (tertiary/aromatic N) is 2. The first-order chi connectivity index (χ1) is 17.4. The summed E-state index contributed by atoms with van der Waals surface area (Å²) < 4.78 is 20.2. The highest BCUT2D eigenvalue weighted by atomic mass is 32.1. The van der Waals surface area contributed by atoms with Gasteiger partial charge in [-0.25, -0.2) is 9.37 Å². The highest BCUT2D eigenvalue weighted by molar-refractivity contribution is 7.22. The molecular weight excluding hydrogens is 479 g/mol. The maximum absolute atomic E-state index is 13.5. The smallest absolute Gasteiger partial charge is 0.301 e. The maximum atomic E-state index is 13.5. The molecule has 3 aromatic carbocycles. The van der Waals surface area contributed by atoms with E-state index < -0.39 is 23.5 Å². The van der Waals surface area contributed by atoms with Crippen LogP contribution in [0.3, 0.4) is 0 Å². The Hall–Kier alpha value is -4.04. The van der Waals surface area contributed by atoms with E-state index in [2.05, 4.69) is 4.98 Å². The van der Waals surface area contributed by atoms with Gasteiger partial charge >= 0.3 is 5.91 Å². The van der Waals surface area contributed by atoms with Gasteiger partial charge in [-0.1, -0.05) is 36.5 Å². The monoisotopic (exact) mass is 502 g/mol. The average molecular weight is 503 g/mol. The van der Waals surface area contributed by atoms with Crippen LogP contribution >= 0.6 is 11.3 Å². The fraction of sp³-hybridized carbons (Fsp3) is 0.179. The number of hydrogen-bond donors (Lipinski definition) is 1. The average Bonchev–Trinajstić information content (AvgIpc) is 3.40. The number of carbonyl (C=O) groups is 2. The Morgan fingerprint density at radius 2 is 1.89 bits per heavy atom. The van der Waals surface area contributed by atoms with Gasteiger partial charge in [-0.3, -0.25) is 14.5 Å². The molecule has 1 aliphatic heterocycles. The molecule has 0 spiro atoms. The second-order valence-electron chi connectivity index (χ2n) is 8.56. The number of ketones is 1. The number of aromatic nitrogens is 1. The topological polar surface area (TPSA) is 79.7 Å². The molecule has 0 unspecified atom stereocenters. The number of fused-ring (bicyclic) bond motifs is 1. The number of aliphatic hydroxyl groups is 1. The molecule has 4 aromatic rings. The molecule has 1 amide bonds. The molecule has 182 valence electrons. The van der Waals surface area contributed by atoms with E-state index >= 15 is 0 Å². The molecule has 1 saturated heterocycles. The molecule has 0 bridgehead atoms. The molecule has 1 aromatic heterocycles. The number of aliphatic hydroxyl groups excluding tert-OH is 1. The van der Waals surface area contributed by atoms with Gasteiger partial charge in [0, 0.05) is 5.56 Å². The summed E-state index contributed by atoms with van der Waals surface area (Å²) in [5.41, 5.74) is 2.49. The van der Waals surface area contributed by atoms with Crippen molar-refractivity contribution in [2.75, 3.05) is 11.5 Å². The number of carbonyl (C=O) groups excluding carboxylic acids is 2.